The van der Waals surface area contributed by atoms with Crippen LogP contribution in [0.4, 0.5) is 0 Å². The summed E-state index contributed by atoms with van der Waals surface area (Å²) in [6.07, 6.45) is 1.10. The first-order valence-electron chi connectivity index (χ1n) is 6.50. The number of nitrogens with one attached hydrogen (secondary N) is 2. The quantitative estimate of drug-likeness (QED) is 0.748. The number of amides is 1. The minimum absolute atomic E-state index is 0.124. The first kappa shape index (κ1) is 13.5. The van der Waals surface area contributed by atoms with Crippen LogP contribution in [-0.4, -0.2) is 25.5 Å². The number of carbonyl (C=O) groups is 1. The third-order valence-electron chi connectivity index (χ3n) is 3.91. The third-order valence-corrected chi connectivity index (χ3v) is 3.91. The predicted molar refractivity (Wildman–Crippen MR) is 67.2 cm³/mol. The van der Waals surface area contributed by atoms with Crippen molar-refractivity contribution in [1.29, 1.82) is 0 Å². The molecule has 3 atom stereocenters. The van der Waals surface area contributed by atoms with E-state index in [-0.39, 0.29) is 11.8 Å². The van der Waals surface area contributed by atoms with Crippen LogP contribution in [0.5, 0.6) is 0 Å². The van der Waals surface area contributed by atoms with E-state index in [9.17, 15) is 4.79 Å². The molecule has 3 heteroatoms. The SMILES string of the molecule is CC(C)C(C)C(=O)NCC[C@@H]1CNC[C@H]1C. The molecule has 0 aliphatic carbocycles. The Bertz CT molecular complexity index is 228. The van der Waals surface area contributed by atoms with E-state index in [1.165, 1.54) is 0 Å². The zero-order chi connectivity index (χ0) is 12.1. The summed E-state index contributed by atoms with van der Waals surface area (Å²) >= 11 is 0. The fourth-order valence-electron chi connectivity index (χ4n) is 2.10. The summed E-state index contributed by atoms with van der Waals surface area (Å²) < 4.78 is 0. The lowest BCUT2D eigenvalue weighted by Crippen LogP contribution is -2.33. The average molecular weight is 226 g/mol. The lowest BCUT2D eigenvalue weighted by molar-refractivity contribution is -0.125. The zero-order valence-electron chi connectivity index (χ0n) is 11.0. The molecule has 1 aliphatic heterocycles. The first-order chi connectivity index (χ1) is 7.52. The van der Waals surface area contributed by atoms with Gasteiger partial charge in [0.2, 0.25) is 5.91 Å². The van der Waals surface area contributed by atoms with E-state index < -0.39 is 0 Å². The average Bonchev–Trinajstić information content (AvgIpc) is 2.63. The molecule has 2 N–H and O–H groups in total. The van der Waals surface area contributed by atoms with Gasteiger partial charge >= 0.3 is 0 Å². The summed E-state index contributed by atoms with van der Waals surface area (Å²) in [5.41, 5.74) is 0. The molecule has 0 aromatic carbocycles. The summed E-state index contributed by atoms with van der Waals surface area (Å²) in [7, 11) is 0. The summed E-state index contributed by atoms with van der Waals surface area (Å²) in [6.45, 7) is 11.5. The molecule has 1 fully saturated rings. The highest BCUT2D eigenvalue weighted by atomic mass is 16.1. The molecule has 16 heavy (non-hydrogen) atoms. The van der Waals surface area contributed by atoms with Gasteiger partial charge in [0.25, 0.3) is 0 Å². The first-order valence-corrected chi connectivity index (χ1v) is 6.50. The number of rotatable bonds is 5. The van der Waals surface area contributed by atoms with Crippen LogP contribution in [0.3, 0.4) is 0 Å². The van der Waals surface area contributed by atoms with Crippen molar-refractivity contribution in [3.05, 3.63) is 0 Å². The van der Waals surface area contributed by atoms with Crippen LogP contribution in [0, 0.1) is 23.7 Å². The molecule has 0 saturated carbocycles. The van der Waals surface area contributed by atoms with Gasteiger partial charge in [-0.25, -0.2) is 0 Å². The van der Waals surface area contributed by atoms with Crippen LogP contribution in [0.25, 0.3) is 0 Å². The fraction of sp³-hybridized carbons (Fsp3) is 0.923. The van der Waals surface area contributed by atoms with Crippen molar-refractivity contribution in [2.75, 3.05) is 19.6 Å². The van der Waals surface area contributed by atoms with Crippen molar-refractivity contribution < 1.29 is 4.79 Å². The molecule has 0 bridgehead atoms. The Morgan fingerprint density at radius 1 is 1.38 bits per heavy atom. The normalized spacial score (nSPS) is 27.1. The largest absolute Gasteiger partial charge is 0.356 e. The highest BCUT2D eigenvalue weighted by Gasteiger charge is 2.23. The smallest absolute Gasteiger partial charge is 0.223 e. The molecule has 1 saturated heterocycles. The molecule has 0 spiro atoms. The Labute approximate surface area is 99.4 Å². The third kappa shape index (κ3) is 3.78. The zero-order valence-corrected chi connectivity index (χ0v) is 11.0. The second-order valence-corrected chi connectivity index (χ2v) is 5.51. The van der Waals surface area contributed by atoms with Crippen LogP contribution in [-0.2, 0) is 4.79 Å². The molecule has 1 unspecified atom stereocenters. The maximum absolute atomic E-state index is 11.7. The molecule has 1 amide bonds. The van der Waals surface area contributed by atoms with Crippen molar-refractivity contribution in [3.8, 4) is 0 Å². The molecule has 3 nitrogen and oxygen atoms in total. The predicted octanol–water partition coefficient (Wildman–Crippen LogP) is 1.64. The monoisotopic (exact) mass is 226 g/mol. The minimum Gasteiger partial charge on any atom is -0.356 e. The maximum atomic E-state index is 11.7. The van der Waals surface area contributed by atoms with Gasteiger partial charge < -0.3 is 10.6 Å². The minimum atomic E-state index is 0.124. The fourth-order valence-corrected chi connectivity index (χ4v) is 2.10. The molecule has 1 aliphatic rings. The van der Waals surface area contributed by atoms with Crippen LogP contribution in [0.1, 0.15) is 34.1 Å². The molecule has 1 heterocycles. The van der Waals surface area contributed by atoms with Crippen LogP contribution >= 0.6 is 0 Å². The number of carbonyl (C=O) groups excluding carboxylic acids is 1. The van der Waals surface area contributed by atoms with Crippen molar-refractivity contribution in [2.45, 2.75) is 34.1 Å². The van der Waals surface area contributed by atoms with Gasteiger partial charge in [0.15, 0.2) is 0 Å². The molecule has 0 radical (unpaired) electrons. The van der Waals surface area contributed by atoms with Crippen molar-refractivity contribution in [2.24, 2.45) is 23.7 Å². The lowest BCUT2D eigenvalue weighted by Gasteiger charge is -2.17. The van der Waals surface area contributed by atoms with Crippen LogP contribution in [0.15, 0.2) is 0 Å². The lowest BCUT2D eigenvalue weighted by atomic mass is 9.94. The Morgan fingerprint density at radius 2 is 2.06 bits per heavy atom. The molecule has 0 aromatic heterocycles. The van der Waals surface area contributed by atoms with E-state index in [2.05, 4.69) is 31.4 Å². The van der Waals surface area contributed by atoms with E-state index in [1.807, 2.05) is 6.92 Å². The second kappa shape index (κ2) is 6.24. The highest BCUT2D eigenvalue weighted by molar-refractivity contribution is 5.78. The number of hydrogen-bond acceptors (Lipinski definition) is 2. The maximum Gasteiger partial charge on any atom is 0.223 e. The second-order valence-electron chi connectivity index (χ2n) is 5.51. The molecule has 1 rings (SSSR count). The van der Waals surface area contributed by atoms with Gasteiger partial charge in [-0.15, -0.1) is 0 Å². The molecule has 94 valence electrons. The Hall–Kier alpha value is -0.570. The van der Waals surface area contributed by atoms with Gasteiger partial charge in [-0.2, -0.15) is 0 Å². The van der Waals surface area contributed by atoms with Gasteiger partial charge in [-0.1, -0.05) is 27.7 Å². The van der Waals surface area contributed by atoms with Crippen molar-refractivity contribution >= 4 is 5.91 Å². The van der Waals surface area contributed by atoms with E-state index in [1.54, 1.807) is 0 Å². The van der Waals surface area contributed by atoms with Gasteiger partial charge in [0, 0.05) is 12.5 Å². The van der Waals surface area contributed by atoms with Crippen molar-refractivity contribution in [1.82, 2.24) is 10.6 Å². The Kier molecular flexibility index (Phi) is 5.26. The van der Waals surface area contributed by atoms with E-state index >= 15 is 0 Å². The van der Waals surface area contributed by atoms with Crippen LogP contribution in [0.2, 0.25) is 0 Å². The molecular weight excluding hydrogens is 200 g/mol. The molecule has 0 aromatic rings. The standard InChI is InChI=1S/C13H26N2O/c1-9(2)11(4)13(16)15-6-5-12-8-14-7-10(12)3/h9-12,14H,5-8H2,1-4H3,(H,15,16)/t10-,11?,12-/m1/s1. The Morgan fingerprint density at radius 3 is 2.56 bits per heavy atom. The summed E-state index contributed by atoms with van der Waals surface area (Å²) in [5, 5.41) is 6.43. The van der Waals surface area contributed by atoms with Gasteiger partial charge in [-0.05, 0) is 37.3 Å². The van der Waals surface area contributed by atoms with Crippen LogP contribution < -0.4 is 10.6 Å². The topological polar surface area (TPSA) is 41.1 Å². The molecular formula is C13H26N2O. The summed E-state index contributed by atoms with van der Waals surface area (Å²) in [4.78, 5) is 11.7. The highest BCUT2D eigenvalue weighted by Crippen LogP contribution is 2.18. The van der Waals surface area contributed by atoms with Crippen molar-refractivity contribution in [3.63, 3.8) is 0 Å². The van der Waals surface area contributed by atoms with Gasteiger partial charge in [-0.3, -0.25) is 4.79 Å². The summed E-state index contributed by atoms with van der Waals surface area (Å²) in [5.74, 6) is 2.23. The van der Waals surface area contributed by atoms with Gasteiger partial charge in [0.05, 0.1) is 0 Å². The van der Waals surface area contributed by atoms with Gasteiger partial charge in [0.1, 0.15) is 0 Å². The van der Waals surface area contributed by atoms with E-state index in [0.717, 1.165) is 37.9 Å². The summed E-state index contributed by atoms with van der Waals surface area (Å²) in [6, 6.07) is 0. The number of hydrogen-bond donors (Lipinski definition) is 2. The van der Waals surface area contributed by atoms with E-state index in [4.69, 9.17) is 0 Å². The van der Waals surface area contributed by atoms with E-state index in [0.29, 0.717) is 5.92 Å². The Balaban J connectivity index is 2.17.